The molecule has 1 N–H and O–H groups in total. The van der Waals surface area contributed by atoms with Crippen molar-refractivity contribution in [2.45, 2.75) is 116 Å². The SMILES string of the molecule is Cc1n[nH]c(C)c1-c1cnc2c(-c3cnn(CC(F)(F)F)c3)cn(CC3CCC(F)(F)CC3)c2c1.FC(F)(F)Cn1cc(-c2cn(CC3CCC(F)(F)CC3)c3cc(Br)cnc23)cn1. The minimum atomic E-state index is -4.38. The summed E-state index contributed by atoms with van der Waals surface area (Å²) < 4.78 is 137. The summed E-state index contributed by atoms with van der Waals surface area (Å²) in [7, 11) is 0. The number of aromatic amines is 1. The molecule has 0 saturated heterocycles. The second kappa shape index (κ2) is 17.3. The van der Waals surface area contributed by atoms with Gasteiger partial charge in [0.05, 0.1) is 40.2 Å². The number of fused-ring (bicyclic) bond motifs is 2. The molecule has 64 heavy (non-hydrogen) atoms. The average molecular weight is 970 g/mol. The molecule has 7 aromatic rings. The van der Waals surface area contributed by atoms with Crippen LogP contribution < -0.4 is 0 Å². The summed E-state index contributed by atoms with van der Waals surface area (Å²) in [6.45, 7) is 2.55. The van der Waals surface area contributed by atoms with E-state index >= 15 is 0 Å². The molecule has 0 bridgehead atoms. The van der Waals surface area contributed by atoms with Gasteiger partial charge in [-0.3, -0.25) is 24.4 Å². The van der Waals surface area contributed by atoms with Crippen LogP contribution in [0.3, 0.4) is 0 Å². The standard InChI is InChI=1S/C24H25F5N6.C19H18BrF5N4/c1-14-21(15(2)33-32-14)17-7-20-22(30-8-17)19(18-9-31-35(11-18)13-24(27,28)29)12-34(20)10-16-3-5-23(25,26)6-4-16;20-14-5-16-17(26-7-14)15(13-6-27-29(9-13)11-19(23,24)25)10-28(16)8-12-1-3-18(21,22)4-2-12/h7-9,11-12,16H,3-6,10,13H2,1-2H3,(H,32,33);5-7,9-10,12H,1-4,8,11H2. The maximum atomic E-state index is 13.7. The van der Waals surface area contributed by atoms with Crippen molar-refractivity contribution in [3.05, 3.63) is 77.6 Å². The minimum absolute atomic E-state index is 0.0760. The Hall–Kier alpha value is -5.21. The number of halogens is 11. The van der Waals surface area contributed by atoms with Crippen LogP contribution >= 0.6 is 15.9 Å². The molecule has 0 unspecified atom stereocenters. The predicted molar refractivity (Wildman–Crippen MR) is 223 cm³/mol. The molecule has 0 aliphatic heterocycles. The number of pyridine rings is 2. The molecule has 9 rings (SSSR count). The first-order valence-electron chi connectivity index (χ1n) is 20.7. The number of nitrogens with zero attached hydrogens (tertiary/aromatic N) is 9. The van der Waals surface area contributed by atoms with Gasteiger partial charge in [-0.05, 0) is 79.4 Å². The van der Waals surface area contributed by atoms with Crippen LogP contribution in [0.4, 0.5) is 43.9 Å². The highest BCUT2D eigenvalue weighted by Crippen LogP contribution is 2.41. The Kier molecular flexibility index (Phi) is 12.3. The molecular weight excluding hydrogens is 926 g/mol. The van der Waals surface area contributed by atoms with Crippen LogP contribution in [-0.2, 0) is 26.2 Å². The lowest BCUT2D eigenvalue weighted by atomic mass is 9.87. The van der Waals surface area contributed by atoms with Gasteiger partial charge < -0.3 is 9.13 Å². The number of aryl methyl sites for hydroxylation is 2. The van der Waals surface area contributed by atoms with Crippen LogP contribution in [-0.4, -0.2) is 73.1 Å². The van der Waals surface area contributed by atoms with E-state index in [1.165, 1.54) is 24.8 Å². The number of hydrogen-bond acceptors (Lipinski definition) is 5. The predicted octanol–water partition coefficient (Wildman–Crippen LogP) is 12.3. The summed E-state index contributed by atoms with van der Waals surface area (Å²) in [5.41, 5.74) is 8.74. The lowest BCUT2D eigenvalue weighted by Crippen LogP contribution is -2.26. The van der Waals surface area contributed by atoms with Gasteiger partial charge in [0, 0.05) is 120 Å². The van der Waals surface area contributed by atoms with Crippen LogP contribution in [0.1, 0.15) is 62.8 Å². The second-order valence-corrected chi connectivity index (χ2v) is 17.9. The molecule has 2 aliphatic rings. The van der Waals surface area contributed by atoms with Crippen molar-refractivity contribution in [2.24, 2.45) is 11.8 Å². The van der Waals surface area contributed by atoms with Crippen molar-refractivity contribution in [3.8, 4) is 33.4 Å². The maximum absolute atomic E-state index is 13.7. The van der Waals surface area contributed by atoms with Gasteiger partial charge in [-0.25, -0.2) is 17.6 Å². The molecule has 2 aliphatic carbocycles. The molecule has 10 nitrogen and oxygen atoms in total. The van der Waals surface area contributed by atoms with Crippen LogP contribution in [0.5, 0.6) is 0 Å². The Morgan fingerprint density at radius 3 is 1.53 bits per heavy atom. The van der Waals surface area contributed by atoms with E-state index in [-0.39, 0.29) is 37.5 Å². The summed E-state index contributed by atoms with van der Waals surface area (Å²) in [5.74, 6) is -5.01. The minimum Gasteiger partial charge on any atom is -0.345 e. The lowest BCUT2D eigenvalue weighted by Gasteiger charge is -2.28. The largest absolute Gasteiger partial charge is 0.408 e. The normalized spacial score (nSPS) is 17.3. The molecule has 7 aromatic heterocycles. The van der Waals surface area contributed by atoms with Gasteiger partial charge in [0.25, 0.3) is 0 Å². The van der Waals surface area contributed by atoms with E-state index in [4.69, 9.17) is 0 Å². The van der Waals surface area contributed by atoms with Crippen molar-refractivity contribution in [2.75, 3.05) is 0 Å². The third-order valence-corrected chi connectivity index (χ3v) is 12.4. The van der Waals surface area contributed by atoms with Gasteiger partial charge in [-0.15, -0.1) is 0 Å². The Bertz CT molecular complexity index is 2720. The second-order valence-electron chi connectivity index (χ2n) is 17.0. The van der Waals surface area contributed by atoms with E-state index in [0.717, 1.165) is 47.4 Å². The molecule has 0 aromatic carbocycles. The van der Waals surface area contributed by atoms with E-state index in [0.29, 0.717) is 72.1 Å². The van der Waals surface area contributed by atoms with Crippen LogP contribution in [0.15, 0.2) is 66.2 Å². The zero-order valence-corrected chi connectivity index (χ0v) is 36.2. The highest BCUT2D eigenvalue weighted by molar-refractivity contribution is 9.10. The van der Waals surface area contributed by atoms with Crippen molar-refractivity contribution >= 4 is 38.0 Å². The molecule has 21 heteroatoms. The topological polar surface area (TPSA) is 100.0 Å². The summed E-state index contributed by atoms with van der Waals surface area (Å²) in [5, 5.41) is 14.9. The molecule has 0 atom stereocenters. The monoisotopic (exact) mass is 968 g/mol. The lowest BCUT2D eigenvalue weighted by molar-refractivity contribution is -0.143. The fourth-order valence-electron chi connectivity index (χ4n) is 8.81. The van der Waals surface area contributed by atoms with Crippen molar-refractivity contribution < 1.29 is 43.9 Å². The number of alkyl halides is 10. The number of aromatic nitrogens is 10. The fourth-order valence-corrected chi connectivity index (χ4v) is 9.13. The molecule has 2 saturated carbocycles. The molecule has 0 radical (unpaired) electrons. The molecule has 7 heterocycles. The quantitative estimate of drug-likeness (QED) is 0.145. The van der Waals surface area contributed by atoms with Crippen LogP contribution in [0.2, 0.25) is 0 Å². The smallest absolute Gasteiger partial charge is 0.345 e. The highest BCUT2D eigenvalue weighted by Gasteiger charge is 2.37. The summed E-state index contributed by atoms with van der Waals surface area (Å²) >= 11 is 3.39. The highest BCUT2D eigenvalue weighted by atomic mass is 79.9. The van der Waals surface area contributed by atoms with Crippen molar-refractivity contribution in [3.63, 3.8) is 0 Å². The van der Waals surface area contributed by atoms with Crippen LogP contribution in [0.25, 0.3) is 55.4 Å². The van der Waals surface area contributed by atoms with Gasteiger partial charge in [-0.1, -0.05) is 0 Å². The zero-order chi connectivity index (χ0) is 45.8. The first-order chi connectivity index (χ1) is 30.1. The summed E-state index contributed by atoms with van der Waals surface area (Å²) in [6, 6.07) is 3.86. The molecule has 0 amide bonds. The van der Waals surface area contributed by atoms with E-state index in [9.17, 15) is 43.9 Å². The average Bonchev–Trinajstić information content (AvgIpc) is 4.05. The third kappa shape index (κ3) is 10.5. The molecule has 0 spiro atoms. The molecular formula is C43H43BrF10N10. The first kappa shape index (κ1) is 45.4. The number of nitrogens with one attached hydrogen (secondary N) is 1. The third-order valence-electron chi connectivity index (χ3n) is 12.0. The van der Waals surface area contributed by atoms with E-state index in [2.05, 4.69) is 46.3 Å². The molecule has 342 valence electrons. The molecule has 2 fully saturated rings. The Morgan fingerprint density at radius 2 is 1.09 bits per heavy atom. The fraction of sp³-hybridized carbons (Fsp3) is 0.465. The van der Waals surface area contributed by atoms with Crippen molar-refractivity contribution in [1.29, 1.82) is 0 Å². The number of H-pyrrole nitrogens is 1. The Morgan fingerprint density at radius 1 is 0.641 bits per heavy atom. The first-order valence-corrected chi connectivity index (χ1v) is 21.5. The van der Waals surface area contributed by atoms with Gasteiger partial charge in [-0.2, -0.15) is 41.6 Å². The van der Waals surface area contributed by atoms with Gasteiger partial charge in [0.2, 0.25) is 11.8 Å². The van der Waals surface area contributed by atoms with Gasteiger partial charge in [0.15, 0.2) is 0 Å². The van der Waals surface area contributed by atoms with Crippen molar-refractivity contribution in [1.82, 2.24) is 48.9 Å². The maximum Gasteiger partial charge on any atom is 0.408 e. The Balaban J connectivity index is 0.000000178. The number of hydrogen-bond donors (Lipinski definition) is 1. The zero-order valence-electron chi connectivity index (χ0n) is 34.6. The van der Waals surface area contributed by atoms with E-state index < -0.39 is 37.3 Å². The van der Waals surface area contributed by atoms with E-state index in [1.807, 2.05) is 47.5 Å². The van der Waals surface area contributed by atoms with Crippen LogP contribution in [0, 0.1) is 25.7 Å². The van der Waals surface area contributed by atoms with E-state index in [1.54, 1.807) is 12.4 Å². The summed E-state index contributed by atoms with van der Waals surface area (Å²) in [6.07, 6.45) is 4.96. The number of rotatable bonds is 9. The van der Waals surface area contributed by atoms with Gasteiger partial charge >= 0.3 is 12.4 Å². The Labute approximate surface area is 368 Å². The summed E-state index contributed by atoms with van der Waals surface area (Å²) in [4.78, 5) is 9.11. The van der Waals surface area contributed by atoms with Gasteiger partial charge in [0.1, 0.15) is 13.1 Å².